The minimum absolute atomic E-state index is 0.498. The maximum absolute atomic E-state index is 6.16. The van der Waals surface area contributed by atoms with Crippen molar-refractivity contribution < 1.29 is 0 Å². The predicted molar refractivity (Wildman–Crippen MR) is 100 cm³/mol. The first kappa shape index (κ1) is 18.7. The van der Waals surface area contributed by atoms with Gasteiger partial charge in [0, 0.05) is 23.1 Å². The Hall–Kier alpha value is -1.63. The van der Waals surface area contributed by atoms with Gasteiger partial charge in [-0.1, -0.05) is 29.3 Å². The first-order chi connectivity index (χ1) is 11.5. The number of rotatable bonds is 9. The van der Waals surface area contributed by atoms with E-state index in [1.807, 2.05) is 12.1 Å². The molecule has 0 aliphatic carbocycles. The summed E-state index contributed by atoms with van der Waals surface area (Å²) in [4.78, 5) is 6.54. The van der Waals surface area contributed by atoms with Crippen LogP contribution >= 0.6 is 23.2 Å². The van der Waals surface area contributed by atoms with Crippen molar-refractivity contribution >= 4 is 35.0 Å². The van der Waals surface area contributed by atoms with Crippen molar-refractivity contribution in [1.82, 2.24) is 20.1 Å². The van der Waals surface area contributed by atoms with Crippen LogP contribution in [0.2, 0.25) is 10.0 Å². The molecule has 0 saturated carbocycles. The van der Waals surface area contributed by atoms with Gasteiger partial charge in [0.25, 0.3) is 0 Å². The Kier molecular flexibility index (Phi) is 7.49. The molecular formula is C16H22Cl2N6. The molecule has 0 bridgehead atoms. The van der Waals surface area contributed by atoms with E-state index < -0.39 is 0 Å². The van der Waals surface area contributed by atoms with E-state index in [1.165, 1.54) is 0 Å². The van der Waals surface area contributed by atoms with E-state index in [2.05, 4.69) is 44.8 Å². The van der Waals surface area contributed by atoms with Crippen molar-refractivity contribution in [1.29, 1.82) is 0 Å². The van der Waals surface area contributed by atoms with Crippen LogP contribution in [0.3, 0.4) is 0 Å². The van der Waals surface area contributed by atoms with Gasteiger partial charge in [0.2, 0.25) is 5.95 Å². The topological polar surface area (TPSA) is 66.0 Å². The third-order valence-electron chi connectivity index (χ3n) is 3.34. The second kappa shape index (κ2) is 9.61. The van der Waals surface area contributed by atoms with Gasteiger partial charge < -0.3 is 15.5 Å². The summed E-state index contributed by atoms with van der Waals surface area (Å²) >= 11 is 12.1. The van der Waals surface area contributed by atoms with Gasteiger partial charge in [-0.3, -0.25) is 0 Å². The lowest BCUT2D eigenvalue weighted by Crippen LogP contribution is -2.17. The Morgan fingerprint density at radius 2 is 1.96 bits per heavy atom. The molecule has 0 aliphatic heterocycles. The van der Waals surface area contributed by atoms with Crippen LogP contribution in [0.15, 0.2) is 24.4 Å². The molecule has 0 unspecified atom stereocenters. The zero-order chi connectivity index (χ0) is 17.4. The third kappa shape index (κ3) is 6.47. The van der Waals surface area contributed by atoms with E-state index in [1.54, 1.807) is 12.3 Å². The lowest BCUT2D eigenvalue weighted by molar-refractivity contribution is 0.405. The quantitative estimate of drug-likeness (QED) is 0.662. The van der Waals surface area contributed by atoms with Crippen LogP contribution in [0.25, 0.3) is 0 Å². The molecule has 24 heavy (non-hydrogen) atoms. The molecule has 2 N–H and O–H groups in total. The Bertz CT molecular complexity index is 650. The smallest absolute Gasteiger partial charge is 0.244 e. The van der Waals surface area contributed by atoms with Crippen LogP contribution in [0.4, 0.5) is 11.8 Å². The minimum Gasteiger partial charge on any atom is -0.369 e. The molecule has 130 valence electrons. The van der Waals surface area contributed by atoms with Crippen molar-refractivity contribution in [2.45, 2.75) is 12.8 Å². The molecule has 0 spiro atoms. The van der Waals surface area contributed by atoms with Gasteiger partial charge in [-0.05, 0) is 51.2 Å². The first-order valence-corrected chi connectivity index (χ1v) is 8.56. The van der Waals surface area contributed by atoms with Gasteiger partial charge in [-0.25, -0.2) is 0 Å². The van der Waals surface area contributed by atoms with Gasteiger partial charge in [0.1, 0.15) is 0 Å². The maximum atomic E-state index is 6.16. The maximum Gasteiger partial charge on any atom is 0.244 e. The van der Waals surface area contributed by atoms with Crippen LogP contribution in [0, 0.1) is 0 Å². The molecule has 8 heteroatoms. The van der Waals surface area contributed by atoms with Gasteiger partial charge in [-0.15, -0.1) is 5.10 Å². The first-order valence-electron chi connectivity index (χ1n) is 7.81. The number of halogens is 2. The molecule has 0 radical (unpaired) electrons. The minimum atomic E-state index is 0.498. The summed E-state index contributed by atoms with van der Waals surface area (Å²) in [5.41, 5.74) is 1.03. The molecule has 1 aromatic carbocycles. The standard InChI is InChI=1S/C16H22Cl2N6/c1-24(2)9-3-7-19-15-11-21-23-16(22-15)20-8-6-12-4-5-13(17)10-14(12)18/h4-5,10-11H,3,6-9H2,1-2H3,(H2,19,20,22,23). The van der Waals surface area contributed by atoms with E-state index >= 15 is 0 Å². The van der Waals surface area contributed by atoms with E-state index in [4.69, 9.17) is 23.2 Å². The molecule has 2 rings (SSSR count). The summed E-state index contributed by atoms with van der Waals surface area (Å²) < 4.78 is 0. The number of aromatic nitrogens is 3. The Morgan fingerprint density at radius 3 is 2.71 bits per heavy atom. The van der Waals surface area contributed by atoms with E-state index in [-0.39, 0.29) is 0 Å². The number of benzene rings is 1. The summed E-state index contributed by atoms with van der Waals surface area (Å²) in [5, 5.41) is 15.7. The molecule has 0 saturated heterocycles. The van der Waals surface area contributed by atoms with Crippen LogP contribution in [-0.2, 0) is 6.42 Å². The fourth-order valence-electron chi connectivity index (χ4n) is 2.11. The van der Waals surface area contributed by atoms with Crippen LogP contribution in [0.5, 0.6) is 0 Å². The number of nitrogens with zero attached hydrogens (tertiary/aromatic N) is 4. The lowest BCUT2D eigenvalue weighted by Gasteiger charge is -2.10. The number of nitrogens with one attached hydrogen (secondary N) is 2. The second-order valence-electron chi connectivity index (χ2n) is 5.66. The van der Waals surface area contributed by atoms with Crippen LogP contribution in [0.1, 0.15) is 12.0 Å². The zero-order valence-electron chi connectivity index (χ0n) is 13.9. The third-order valence-corrected chi connectivity index (χ3v) is 3.93. The van der Waals surface area contributed by atoms with Gasteiger partial charge >= 0.3 is 0 Å². The van der Waals surface area contributed by atoms with Gasteiger partial charge in [0.15, 0.2) is 5.82 Å². The number of hydrogen-bond donors (Lipinski definition) is 2. The predicted octanol–water partition coefficient (Wildman–Crippen LogP) is 3.20. The summed E-state index contributed by atoms with van der Waals surface area (Å²) in [5.74, 6) is 1.22. The summed E-state index contributed by atoms with van der Waals surface area (Å²) in [6.07, 6.45) is 3.41. The molecule has 0 atom stereocenters. The van der Waals surface area contributed by atoms with Gasteiger partial charge in [-0.2, -0.15) is 10.1 Å². The van der Waals surface area contributed by atoms with Crippen LogP contribution < -0.4 is 10.6 Å². The Labute approximate surface area is 152 Å². The highest BCUT2D eigenvalue weighted by atomic mass is 35.5. The average Bonchev–Trinajstić information content (AvgIpc) is 2.54. The van der Waals surface area contributed by atoms with E-state index in [0.717, 1.165) is 37.3 Å². The normalized spacial score (nSPS) is 10.9. The highest BCUT2D eigenvalue weighted by Gasteiger charge is 2.03. The highest BCUT2D eigenvalue weighted by molar-refractivity contribution is 6.35. The average molecular weight is 369 g/mol. The molecule has 0 amide bonds. The second-order valence-corrected chi connectivity index (χ2v) is 6.50. The summed E-state index contributed by atoms with van der Waals surface area (Å²) in [6.45, 7) is 2.53. The molecule has 0 aliphatic rings. The highest BCUT2D eigenvalue weighted by Crippen LogP contribution is 2.21. The molecule has 1 heterocycles. The molecule has 0 fully saturated rings. The van der Waals surface area contributed by atoms with E-state index in [0.29, 0.717) is 22.5 Å². The number of anilines is 2. The van der Waals surface area contributed by atoms with E-state index in [9.17, 15) is 0 Å². The fourth-order valence-corrected chi connectivity index (χ4v) is 2.61. The Balaban J connectivity index is 1.79. The molecular weight excluding hydrogens is 347 g/mol. The van der Waals surface area contributed by atoms with Gasteiger partial charge in [0.05, 0.1) is 6.20 Å². The van der Waals surface area contributed by atoms with Crippen molar-refractivity contribution in [2.24, 2.45) is 0 Å². The molecule has 1 aromatic heterocycles. The zero-order valence-corrected chi connectivity index (χ0v) is 15.4. The summed E-state index contributed by atoms with van der Waals surface area (Å²) in [7, 11) is 4.11. The van der Waals surface area contributed by atoms with Crippen molar-refractivity contribution in [3.63, 3.8) is 0 Å². The summed E-state index contributed by atoms with van der Waals surface area (Å²) in [6, 6.07) is 5.50. The van der Waals surface area contributed by atoms with Crippen molar-refractivity contribution in [3.05, 3.63) is 40.0 Å². The largest absolute Gasteiger partial charge is 0.369 e. The fraction of sp³-hybridized carbons (Fsp3) is 0.438. The number of hydrogen-bond acceptors (Lipinski definition) is 6. The lowest BCUT2D eigenvalue weighted by atomic mass is 10.1. The molecule has 6 nitrogen and oxygen atoms in total. The van der Waals surface area contributed by atoms with Crippen molar-refractivity contribution in [3.8, 4) is 0 Å². The Morgan fingerprint density at radius 1 is 1.12 bits per heavy atom. The molecule has 2 aromatic rings. The van der Waals surface area contributed by atoms with Crippen molar-refractivity contribution in [2.75, 3.05) is 44.4 Å². The SMILES string of the molecule is CN(C)CCCNc1cnnc(NCCc2ccc(Cl)cc2Cl)n1. The monoisotopic (exact) mass is 368 g/mol. The van der Waals surface area contributed by atoms with Crippen LogP contribution in [-0.4, -0.2) is 53.8 Å².